The fraction of sp³-hybridized carbons (Fsp3) is 0.400. The highest BCUT2D eigenvalue weighted by Gasteiger charge is 2.29. The minimum Gasteiger partial charge on any atom is -0.355 e. The molecule has 0 radical (unpaired) electrons. The molecule has 2 aromatic heterocycles. The molecule has 6 heteroatoms. The number of rotatable bonds is 4. The number of aryl methyl sites for hydroxylation is 1. The van der Waals surface area contributed by atoms with Crippen molar-refractivity contribution in [2.45, 2.75) is 19.9 Å². The molecule has 0 unspecified atom stereocenters. The fourth-order valence-electron chi connectivity index (χ4n) is 2.68. The molecule has 1 aliphatic rings. The zero-order chi connectivity index (χ0) is 14.8. The number of nitrogens with zero attached hydrogens (tertiary/aromatic N) is 5. The second-order valence-electron chi connectivity index (χ2n) is 5.26. The number of aromatic nitrogens is 3. The third kappa shape index (κ3) is 2.72. The number of nitriles is 1. The summed E-state index contributed by atoms with van der Waals surface area (Å²) >= 11 is 6.18. The van der Waals surface area contributed by atoms with Crippen LogP contribution in [0.2, 0.25) is 5.02 Å². The minimum atomic E-state index is 0.492. The molecule has 1 aliphatic heterocycles. The van der Waals surface area contributed by atoms with Crippen LogP contribution in [-0.2, 0) is 13.0 Å². The molecular formula is C15H16ClN5. The second-order valence-corrected chi connectivity index (χ2v) is 5.67. The van der Waals surface area contributed by atoms with Crippen molar-refractivity contribution in [1.82, 2.24) is 14.5 Å². The van der Waals surface area contributed by atoms with Gasteiger partial charge < -0.3 is 9.47 Å². The summed E-state index contributed by atoms with van der Waals surface area (Å²) < 4.78 is 2.22. The largest absolute Gasteiger partial charge is 0.355 e. The second kappa shape index (κ2) is 5.74. The van der Waals surface area contributed by atoms with Crippen LogP contribution < -0.4 is 4.90 Å². The lowest BCUT2D eigenvalue weighted by Crippen LogP contribution is -2.49. The first kappa shape index (κ1) is 13.9. The van der Waals surface area contributed by atoms with E-state index in [0.717, 1.165) is 37.7 Å². The highest BCUT2D eigenvalue weighted by atomic mass is 35.5. The average Bonchev–Trinajstić information content (AvgIpc) is 2.90. The molecule has 1 fully saturated rings. The van der Waals surface area contributed by atoms with E-state index in [4.69, 9.17) is 16.9 Å². The predicted molar refractivity (Wildman–Crippen MR) is 81.3 cm³/mol. The smallest absolute Gasteiger partial charge is 0.147 e. The molecular weight excluding hydrogens is 286 g/mol. The first-order valence-electron chi connectivity index (χ1n) is 7.02. The van der Waals surface area contributed by atoms with Gasteiger partial charge in [-0.15, -0.1) is 0 Å². The SMILES string of the molecule is CCc1nccn1CC1CN(c2ncc(C#N)cc2Cl)C1. The summed E-state index contributed by atoms with van der Waals surface area (Å²) in [5, 5.41) is 9.37. The van der Waals surface area contributed by atoms with E-state index in [1.54, 1.807) is 12.3 Å². The van der Waals surface area contributed by atoms with Crippen molar-refractivity contribution >= 4 is 17.4 Å². The van der Waals surface area contributed by atoms with Crippen molar-refractivity contribution < 1.29 is 0 Å². The van der Waals surface area contributed by atoms with E-state index >= 15 is 0 Å². The zero-order valence-electron chi connectivity index (χ0n) is 11.8. The lowest BCUT2D eigenvalue weighted by molar-refractivity contribution is 0.351. The van der Waals surface area contributed by atoms with Crippen LogP contribution in [0, 0.1) is 17.2 Å². The Kier molecular flexibility index (Phi) is 3.80. The maximum Gasteiger partial charge on any atom is 0.147 e. The molecule has 0 amide bonds. The summed E-state index contributed by atoms with van der Waals surface area (Å²) in [5.41, 5.74) is 0.492. The van der Waals surface area contributed by atoms with E-state index in [2.05, 4.69) is 26.4 Å². The molecule has 0 atom stereocenters. The Labute approximate surface area is 128 Å². The topological polar surface area (TPSA) is 57.7 Å². The molecule has 3 rings (SSSR count). The lowest BCUT2D eigenvalue weighted by Gasteiger charge is -2.40. The number of halogens is 1. The molecule has 2 aromatic rings. The summed E-state index contributed by atoms with van der Waals surface area (Å²) in [6.45, 7) is 4.96. The van der Waals surface area contributed by atoms with Gasteiger partial charge in [-0.2, -0.15) is 5.26 Å². The van der Waals surface area contributed by atoms with E-state index in [1.165, 1.54) is 0 Å². The first-order chi connectivity index (χ1) is 10.2. The number of imidazole rings is 1. The Bertz CT molecular complexity index is 682. The van der Waals surface area contributed by atoms with E-state index in [-0.39, 0.29) is 0 Å². The third-order valence-corrected chi connectivity index (χ3v) is 4.06. The van der Waals surface area contributed by atoms with Crippen molar-refractivity contribution in [2.24, 2.45) is 5.92 Å². The Hall–Kier alpha value is -2.06. The molecule has 108 valence electrons. The van der Waals surface area contributed by atoms with Crippen LogP contribution in [-0.4, -0.2) is 27.6 Å². The monoisotopic (exact) mass is 301 g/mol. The van der Waals surface area contributed by atoms with Crippen LogP contribution in [0.4, 0.5) is 5.82 Å². The number of pyridine rings is 1. The van der Waals surface area contributed by atoms with Crippen LogP contribution >= 0.6 is 11.6 Å². The Morgan fingerprint density at radius 3 is 2.90 bits per heavy atom. The van der Waals surface area contributed by atoms with Gasteiger partial charge in [-0.05, 0) is 6.07 Å². The van der Waals surface area contributed by atoms with Gasteiger partial charge in [-0.1, -0.05) is 18.5 Å². The summed E-state index contributed by atoms with van der Waals surface area (Å²) in [5.74, 6) is 2.48. The van der Waals surface area contributed by atoms with E-state index in [0.29, 0.717) is 16.5 Å². The van der Waals surface area contributed by atoms with Crippen LogP contribution in [0.3, 0.4) is 0 Å². The molecule has 5 nitrogen and oxygen atoms in total. The highest BCUT2D eigenvalue weighted by Crippen LogP contribution is 2.30. The molecule has 0 N–H and O–H groups in total. The minimum absolute atomic E-state index is 0.492. The maximum absolute atomic E-state index is 8.83. The van der Waals surface area contributed by atoms with Gasteiger partial charge in [0.1, 0.15) is 17.7 Å². The third-order valence-electron chi connectivity index (χ3n) is 3.78. The van der Waals surface area contributed by atoms with Gasteiger partial charge >= 0.3 is 0 Å². The summed E-state index contributed by atoms with van der Waals surface area (Å²) in [6, 6.07) is 3.71. The Balaban J connectivity index is 1.62. The lowest BCUT2D eigenvalue weighted by atomic mass is 10.00. The van der Waals surface area contributed by atoms with Crippen LogP contribution in [0.15, 0.2) is 24.7 Å². The quantitative estimate of drug-likeness (QED) is 0.870. The predicted octanol–water partition coefficient (Wildman–Crippen LogP) is 2.50. The number of hydrogen-bond acceptors (Lipinski definition) is 4. The van der Waals surface area contributed by atoms with Gasteiger partial charge in [0.05, 0.1) is 10.6 Å². The van der Waals surface area contributed by atoms with Gasteiger partial charge in [0.25, 0.3) is 0 Å². The number of hydrogen-bond donors (Lipinski definition) is 0. The number of anilines is 1. The van der Waals surface area contributed by atoms with Crippen molar-refractivity contribution in [3.63, 3.8) is 0 Å². The molecule has 0 saturated carbocycles. The molecule has 0 bridgehead atoms. The van der Waals surface area contributed by atoms with Gasteiger partial charge in [-0.3, -0.25) is 0 Å². The molecule has 0 spiro atoms. The van der Waals surface area contributed by atoms with Crippen LogP contribution in [0.5, 0.6) is 0 Å². The van der Waals surface area contributed by atoms with E-state index in [9.17, 15) is 0 Å². The standard InChI is InChI=1S/C15H16ClN5/c1-2-14-18-3-4-20(14)8-12-9-21(10-12)15-13(16)5-11(6-17)7-19-15/h3-5,7,12H,2,8-10H2,1H3. The van der Waals surface area contributed by atoms with Gasteiger partial charge in [0, 0.05) is 50.6 Å². The highest BCUT2D eigenvalue weighted by molar-refractivity contribution is 6.33. The summed E-state index contributed by atoms with van der Waals surface area (Å²) in [6.07, 6.45) is 6.41. The molecule has 0 aromatic carbocycles. The summed E-state index contributed by atoms with van der Waals surface area (Å²) in [4.78, 5) is 10.8. The van der Waals surface area contributed by atoms with Crippen LogP contribution in [0.1, 0.15) is 18.3 Å². The molecule has 21 heavy (non-hydrogen) atoms. The molecule has 1 saturated heterocycles. The van der Waals surface area contributed by atoms with Gasteiger partial charge in [-0.25, -0.2) is 9.97 Å². The fourth-order valence-corrected chi connectivity index (χ4v) is 2.97. The summed E-state index contributed by atoms with van der Waals surface area (Å²) in [7, 11) is 0. The van der Waals surface area contributed by atoms with Gasteiger partial charge in [0.15, 0.2) is 0 Å². The van der Waals surface area contributed by atoms with Crippen molar-refractivity contribution in [2.75, 3.05) is 18.0 Å². The van der Waals surface area contributed by atoms with Crippen molar-refractivity contribution in [3.05, 3.63) is 41.1 Å². The van der Waals surface area contributed by atoms with E-state index < -0.39 is 0 Å². The maximum atomic E-state index is 8.83. The van der Waals surface area contributed by atoms with Crippen molar-refractivity contribution in [3.8, 4) is 6.07 Å². The zero-order valence-corrected chi connectivity index (χ0v) is 12.6. The van der Waals surface area contributed by atoms with Crippen molar-refractivity contribution in [1.29, 1.82) is 5.26 Å². The normalized spacial score (nSPS) is 14.8. The van der Waals surface area contributed by atoms with E-state index in [1.807, 2.05) is 18.5 Å². The molecule has 3 heterocycles. The molecule has 0 aliphatic carbocycles. The Morgan fingerprint density at radius 1 is 1.43 bits per heavy atom. The van der Waals surface area contributed by atoms with Crippen LogP contribution in [0.25, 0.3) is 0 Å². The van der Waals surface area contributed by atoms with Gasteiger partial charge in [0.2, 0.25) is 0 Å². The first-order valence-corrected chi connectivity index (χ1v) is 7.39. The average molecular weight is 302 g/mol. The Morgan fingerprint density at radius 2 is 2.24 bits per heavy atom.